The minimum Gasteiger partial charge on any atom is -0.367 e. The number of carbonyl (C=O) groups is 1. The molecule has 0 aliphatic rings. The highest BCUT2D eigenvalue weighted by atomic mass is 16.1. The maximum absolute atomic E-state index is 12.3. The van der Waals surface area contributed by atoms with Crippen molar-refractivity contribution >= 4 is 34.3 Å². The van der Waals surface area contributed by atoms with Crippen LogP contribution in [0, 0.1) is 0 Å². The lowest BCUT2D eigenvalue weighted by molar-refractivity contribution is -0.120. The Hall–Kier alpha value is -3.94. The van der Waals surface area contributed by atoms with Crippen molar-refractivity contribution in [1.82, 2.24) is 25.1 Å². The van der Waals surface area contributed by atoms with Crippen LogP contribution in [0.3, 0.4) is 0 Å². The number of hydrogen-bond acceptors (Lipinski definition) is 6. The van der Waals surface area contributed by atoms with Crippen LogP contribution in [0.25, 0.3) is 10.9 Å². The summed E-state index contributed by atoms with van der Waals surface area (Å²) in [6.45, 7) is 1.06. The van der Waals surface area contributed by atoms with Crippen LogP contribution in [0.1, 0.15) is 5.56 Å². The largest absolute Gasteiger partial charge is 0.367 e. The van der Waals surface area contributed by atoms with Gasteiger partial charge in [-0.3, -0.25) is 4.79 Å². The Morgan fingerprint density at radius 2 is 1.73 bits per heavy atom. The molecule has 0 aliphatic heterocycles. The Labute approximate surface area is 174 Å². The highest BCUT2D eigenvalue weighted by molar-refractivity contribution is 5.89. The summed E-state index contributed by atoms with van der Waals surface area (Å²) in [5.41, 5.74) is 2.15. The molecule has 0 saturated carbocycles. The zero-order valence-corrected chi connectivity index (χ0v) is 16.7. The molecule has 8 nitrogen and oxygen atoms in total. The molecule has 0 saturated heterocycles. The molecule has 152 valence electrons. The minimum atomic E-state index is -0.00542. The van der Waals surface area contributed by atoms with E-state index in [1.54, 1.807) is 6.20 Å². The minimum absolute atomic E-state index is 0.00542. The van der Waals surface area contributed by atoms with E-state index in [4.69, 9.17) is 0 Å². The lowest BCUT2D eigenvalue weighted by Gasteiger charge is -2.08. The second-order valence-corrected chi connectivity index (χ2v) is 6.88. The van der Waals surface area contributed by atoms with Crippen LogP contribution < -0.4 is 16.0 Å². The summed E-state index contributed by atoms with van der Waals surface area (Å²) in [6, 6.07) is 17.4. The number of nitrogens with zero attached hydrogens (tertiary/aromatic N) is 4. The first-order valence-electron chi connectivity index (χ1n) is 9.74. The molecule has 8 heteroatoms. The van der Waals surface area contributed by atoms with Crippen molar-refractivity contribution in [3.63, 3.8) is 0 Å². The Morgan fingerprint density at radius 3 is 2.53 bits per heavy atom. The van der Waals surface area contributed by atoms with Gasteiger partial charge < -0.3 is 20.5 Å². The van der Waals surface area contributed by atoms with Crippen molar-refractivity contribution in [3.05, 3.63) is 72.6 Å². The maximum Gasteiger partial charge on any atom is 0.224 e. The highest BCUT2D eigenvalue weighted by Gasteiger charge is 2.10. The maximum atomic E-state index is 12.3. The van der Waals surface area contributed by atoms with E-state index in [1.165, 1.54) is 0 Å². The molecular formula is C22H23N7O. The summed E-state index contributed by atoms with van der Waals surface area (Å²) in [7, 11) is 1.99. The van der Waals surface area contributed by atoms with E-state index >= 15 is 0 Å². The number of aryl methyl sites for hydroxylation is 1. The van der Waals surface area contributed by atoms with Crippen molar-refractivity contribution in [2.24, 2.45) is 7.05 Å². The molecule has 1 amide bonds. The number of anilines is 3. The van der Waals surface area contributed by atoms with Gasteiger partial charge in [0.25, 0.3) is 0 Å². The molecule has 0 spiro atoms. The van der Waals surface area contributed by atoms with E-state index in [0.717, 1.165) is 16.5 Å². The summed E-state index contributed by atoms with van der Waals surface area (Å²) in [4.78, 5) is 16.5. The van der Waals surface area contributed by atoms with Crippen molar-refractivity contribution < 1.29 is 4.79 Å². The summed E-state index contributed by atoms with van der Waals surface area (Å²) >= 11 is 0. The van der Waals surface area contributed by atoms with E-state index in [0.29, 0.717) is 37.0 Å². The van der Waals surface area contributed by atoms with Crippen LogP contribution in [-0.2, 0) is 18.3 Å². The van der Waals surface area contributed by atoms with Gasteiger partial charge in [-0.05, 0) is 35.9 Å². The topological polar surface area (TPSA) is 96.8 Å². The third-order valence-electron chi connectivity index (χ3n) is 4.67. The fraction of sp³-hybridized carbons (Fsp3) is 0.182. The van der Waals surface area contributed by atoms with Crippen molar-refractivity contribution in [2.45, 2.75) is 6.42 Å². The molecule has 0 bridgehead atoms. The number of nitrogens with one attached hydrogen (secondary N) is 3. The van der Waals surface area contributed by atoms with Crippen molar-refractivity contribution in [1.29, 1.82) is 0 Å². The van der Waals surface area contributed by atoms with Gasteiger partial charge in [-0.1, -0.05) is 24.3 Å². The van der Waals surface area contributed by atoms with Gasteiger partial charge in [0.15, 0.2) is 5.82 Å². The first-order valence-corrected chi connectivity index (χ1v) is 9.74. The number of amides is 1. The van der Waals surface area contributed by atoms with Crippen LogP contribution in [0.2, 0.25) is 0 Å². The zero-order chi connectivity index (χ0) is 20.8. The monoisotopic (exact) mass is 401 g/mol. The molecule has 1 aromatic carbocycles. The third-order valence-corrected chi connectivity index (χ3v) is 4.67. The van der Waals surface area contributed by atoms with Crippen molar-refractivity contribution in [3.8, 4) is 0 Å². The number of fused-ring (bicyclic) bond motifs is 1. The smallest absolute Gasteiger partial charge is 0.224 e. The normalized spacial score (nSPS) is 10.7. The van der Waals surface area contributed by atoms with Gasteiger partial charge in [0.05, 0.1) is 6.42 Å². The summed E-state index contributed by atoms with van der Waals surface area (Å²) in [5.74, 6) is 1.96. The van der Waals surface area contributed by atoms with Gasteiger partial charge in [-0.25, -0.2) is 4.98 Å². The SMILES string of the molecule is Cn1cc(CC(=O)NCCNc2ccc(Nc3ccccn3)nn2)c2ccccc21. The van der Waals surface area contributed by atoms with E-state index < -0.39 is 0 Å². The lowest BCUT2D eigenvalue weighted by atomic mass is 10.1. The molecule has 0 fully saturated rings. The zero-order valence-electron chi connectivity index (χ0n) is 16.7. The van der Waals surface area contributed by atoms with Gasteiger partial charge in [0.2, 0.25) is 5.91 Å². The van der Waals surface area contributed by atoms with E-state index in [9.17, 15) is 4.79 Å². The summed E-state index contributed by atoms with van der Waals surface area (Å²) < 4.78 is 2.05. The molecule has 3 heterocycles. The number of benzene rings is 1. The Morgan fingerprint density at radius 1 is 0.933 bits per heavy atom. The van der Waals surface area contributed by atoms with Gasteiger partial charge in [-0.15, -0.1) is 10.2 Å². The number of para-hydroxylation sites is 1. The van der Waals surface area contributed by atoms with Crippen LogP contribution in [0.5, 0.6) is 0 Å². The predicted molar refractivity (Wildman–Crippen MR) is 118 cm³/mol. The van der Waals surface area contributed by atoms with Crippen LogP contribution in [-0.4, -0.2) is 38.7 Å². The van der Waals surface area contributed by atoms with E-state index in [1.807, 2.05) is 66.3 Å². The van der Waals surface area contributed by atoms with Crippen LogP contribution in [0.4, 0.5) is 17.5 Å². The number of hydrogen-bond donors (Lipinski definition) is 3. The molecule has 30 heavy (non-hydrogen) atoms. The fourth-order valence-electron chi connectivity index (χ4n) is 3.26. The Balaban J connectivity index is 1.22. The molecule has 4 rings (SSSR count). The van der Waals surface area contributed by atoms with E-state index in [2.05, 4.69) is 37.2 Å². The lowest BCUT2D eigenvalue weighted by Crippen LogP contribution is -2.30. The van der Waals surface area contributed by atoms with E-state index in [-0.39, 0.29) is 5.91 Å². The average molecular weight is 401 g/mol. The highest BCUT2D eigenvalue weighted by Crippen LogP contribution is 2.20. The molecular weight excluding hydrogens is 378 g/mol. The molecule has 0 radical (unpaired) electrons. The summed E-state index contributed by atoms with van der Waals surface area (Å²) in [5, 5.41) is 18.5. The number of pyridine rings is 1. The standard InChI is InChI=1S/C22H23N7O/c1-29-15-16(17-6-2-3-7-18(17)29)14-22(30)25-13-12-24-20-9-10-21(28-27-20)26-19-8-4-5-11-23-19/h2-11,15H,12-14H2,1H3,(H,24,27)(H,25,30)(H,23,26,28). The third kappa shape index (κ3) is 4.72. The molecule has 0 atom stereocenters. The average Bonchev–Trinajstić information content (AvgIpc) is 3.09. The second kappa shape index (κ2) is 9.04. The number of carbonyl (C=O) groups excluding carboxylic acids is 1. The van der Waals surface area contributed by atoms with Gasteiger partial charge in [0, 0.05) is 43.4 Å². The molecule has 0 aliphatic carbocycles. The summed E-state index contributed by atoms with van der Waals surface area (Å²) in [6.07, 6.45) is 4.08. The molecule has 3 aromatic heterocycles. The van der Waals surface area contributed by atoms with Crippen molar-refractivity contribution in [2.75, 3.05) is 23.7 Å². The Bertz CT molecular complexity index is 1120. The molecule has 0 unspecified atom stereocenters. The number of aromatic nitrogens is 4. The van der Waals surface area contributed by atoms with Gasteiger partial charge in [-0.2, -0.15) is 0 Å². The van der Waals surface area contributed by atoms with Crippen LogP contribution >= 0.6 is 0 Å². The van der Waals surface area contributed by atoms with Gasteiger partial charge in [0.1, 0.15) is 11.6 Å². The van der Waals surface area contributed by atoms with Gasteiger partial charge >= 0.3 is 0 Å². The molecule has 3 N–H and O–H groups in total. The van der Waals surface area contributed by atoms with Crippen LogP contribution in [0.15, 0.2) is 67.0 Å². The molecule has 4 aromatic rings. The first-order chi connectivity index (χ1) is 14.7. The predicted octanol–water partition coefficient (Wildman–Crippen LogP) is 2.88. The Kier molecular flexibility index (Phi) is 5.84. The first kappa shape index (κ1) is 19.4. The quantitative estimate of drug-likeness (QED) is 0.393. The number of rotatable bonds is 8. The second-order valence-electron chi connectivity index (χ2n) is 6.88. The fourth-order valence-corrected chi connectivity index (χ4v) is 3.26.